The van der Waals surface area contributed by atoms with Crippen LogP contribution in [0.3, 0.4) is 0 Å². The van der Waals surface area contributed by atoms with Crippen molar-refractivity contribution in [3.05, 3.63) is 86.9 Å². The van der Waals surface area contributed by atoms with Gasteiger partial charge in [-0.2, -0.15) is 0 Å². The first kappa shape index (κ1) is 22.8. The molecule has 2 aliphatic rings. The predicted molar refractivity (Wildman–Crippen MR) is 128 cm³/mol. The fourth-order valence-corrected chi connectivity index (χ4v) is 4.91. The number of non-ortho nitro benzene ring substituents is 1. The molecule has 2 amide bonds. The van der Waals surface area contributed by atoms with Gasteiger partial charge in [0.1, 0.15) is 5.92 Å². The van der Waals surface area contributed by atoms with Crippen molar-refractivity contribution >= 4 is 44.8 Å². The number of hydrogen-bond acceptors (Lipinski definition) is 8. The van der Waals surface area contributed by atoms with Gasteiger partial charge < -0.3 is 9.84 Å². The fraction of sp³-hybridized carbons (Fsp3) is 0.167. The summed E-state index contributed by atoms with van der Waals surface area (Å²) < 4.78 is 5.64. The number of imide groups is 1. The highest BCUT2D eigenvalue weighted by Gasteiger charge is 2.60. The van der Waals surface area contributed by atoms with Gasteiger partial charge in [-0.1, -0.05) is 18.2 Å². The molecule has 3 aromatic carbocycles. The van der Waals surface area contributed by atoms with Crippen molar-refractivity contribution in [2.24, 2.45) is 5.92 Å². The number of nitro groups is 1. The Bertz CT molecular complexity index is 1330. The van der Waals surface area contributed by atoms with Crippen LogP contribution in [0.1, 0.15) is 11.6 Å². The van der Waals surface area contributed by atoms with Crippen LogP contribution >= 0.6 is 15.9 Å². The van der Waals surface area contributed by atoms with E-state index in [2.05, 4.69) is 15.9 Å². The van der Waals surface area contributed by atoms with Crippen LogP contribution in [0.5, 0.6) is 11.5 Å². The molecule has 35 heavy (non-hydrogen) atoms. The van der Waals surface area contributed by atoms with E-state index in [9.17, 15) is 24.8 Å². The Labute approximate surface area is 207 Å². The number of benzene rings is 3. The van der Waals surface area contributed by atoms with E-state index in [4.69, 9.17) is 9.57 Å². The Morgan fingerprint density at radius 1 is 1.03 bits per heavy atom. The largest absolute Gasteiger partial charge is 0.503 e. The summed E-state index contributed by atoms with van der Waals surface area (Å²) in [6, 6.07) is 16.8. The van der Waals surface area contributed by atoms with Crippen LogP contribution in [0.2, 0.25) is 0 Å². The number of nitrogens with zero attached hydrogens (tertiary/aromatic N) is 3. The van der Waals surface area contributed by atoms with Crippen molar-refractivity contribution in [1.82, 2.24) is 0 Å². The summed E-state index contributed by atoms with van der Waals surface area (Å²) in [4.78, 5) is 44.5. The van der Waals surface area contributed by atoms with Crippen LogP contribution in [0.4, 0.5) is 17.1 Å². The number of methoxy groups -OCH3 is 1. The second-order valence-corrected chi connectivity index (χ2v) is 8.85. The van der Waals surface area contributed by atoms with Crippen molar-refractivity contribution in [2.45, 2.75) is 12.1 Å². The number of aromatic hydroxyl groups is 1. The third kappa shape index (κ3) is 3.69. The zero-order valence-electron chi connectivity index (χ0n) is 18.2. The zero-order chi connectivity index (χ0) is 24.9. The van der Waals surface area contributed by atoms with Gasteiger partial charge in [0.25, 0.3) is 11.6 Å². The number of amides is 2. The highest BCUT2D eigenvalue weighted by molar-refractivity contribution is 9.10. The monoisotopic (exact) mass is 539 g/mol. The molecule has 10 nitrogen and oxygen atoms in total. The van der Waals surface area contributed by atoms with Crippen LogP contribution < -0.4 is 14.7 Å². The van der Waals surface area contributed by atoms with Gasteiger partial charge in [-0.3, -0.25) is 24.5 Å². The van der Waals surface area contributed by atoms with Crippen molar-refractivity contribution < 1.29 is 29.2 Å². The molecule has 3 unspecified atom stereocenters. The summed E-state index contributed by atoms with van der Waals surface area (Å²) >= 11 is 3.32. The number of carbonyl (C=O) groups excluding carboxylic acids is 2. The minimum absolute atomic E-state index is 0.0979. The average molecular weight is 540 g/mol. The maximum Gasteiger partial charge on any atom is 0.269 e. The molecule has 0 saturated carbocycles. The molecule has 0 radical (unpaired) electrons. The summed E-state index contributed by atoms with van der Waals surface area (Å²) in [5, 5.41) is 22.8. The molecule has 5 rings (SSSR count). The lowest BCUT2D eigenvalue weighted by atomic mass is 9.90. The number of para-hydroxylation sites is 1. The molecule has 2 fully saturated rings. The van der Waals surface area contributed by atoms with E-state index in [1.807, 2.05) is 18.2 Å². The van der Waals surface area contributed by atoms with Gasteiger partial charge in [0.05, 0.1) is 33.9 Å². The standard InChI is InChI=1S/C24H18BrN3O7/c1-34-18-12-13(11-17(25)21(18)29)20-19-22(35-27(20)15-5-3-2-4-6-15)24(31)26(23(19)30)14-7-9-16(10-8-14)28(32)33/h2-12,19-20,22,29H,1H3. The third-order valence-electron chi connectivity index (χ3n) is 6.06. The van der Waals surface area contributed by atoms with Crippen LogP contribution in [-0.4, -0.2) is 35.1 Å². The number of carbonyl (C=O) groups is 2. The Hall–Kier alpha value is -3.96. The number of fused-ring (bicyclic) bond motifs is 1. The van der Waals surface area contributed by atoms with E-state index in [0.717, 1.165) is 4.90 Å². The number of hydroxylamine groups is 1. The second kappa shape index (κ2) is 8.67. The van der Waals surface area contributed by atoms with E-state index in [1.54, 1.807) is 24.3 Å². The molecular weight excluding hydrogens is 522 g/mol. The lowest BCUT2D eigenvalue weighted by Gasteiger charge is -2.29. The number of phenols is 1. The highest BCUT2D eigenvalue weighted by Crippen LogP contribution is 2.49. The molecule has 0 aliphatic carbocycles. The van der Waals surface area contributed by atoms with E-state index >= 15 is 0 Å². The van der Waals surface area contributed by atoms with E-state index in [1.165, 1.54) is 36.4 Å². The maximum absolute atomic E-state index is 13.7. The lowest BCUT2D eigenvalue weighted by molar-refractivity contribution is -0.384. The fourth-order valence-electron chi connectivity index (χ4n) is 4.45. The Morgan fingerprint density at radius 2 is 1.71 bits per heavy atom. The van der Waals surface area contributed by atoms with Crippen molar-refractivity contribution in [2.75, 3.05) is 17.1 Å². The molecule has 2 heterocycles. The highest BCUT2D eigenvalue weighted by atomic mass is 79.9. The van der Waals surface area contributed by atoms with E-state index in [-0.39, 0.29) is 22.9 Å². The van der Waals surface area contributed by atoms with Crippen molar-refractivity contribution in [3.8, 4) is 11.5 Å². The number of nitro benzene ring substituents is 1. The van der Waals surface area contributed by atoms with Crippen LogP contribution in [-0.2, 0) is 14.4 Å². The van der Waals surface area contributed by atoms with Gasteiger partial charge in [0.15, 0.2) is 17.6 Å². The third-order valence-corrected chi connectivity index (χ3v) is 6.66. The molecule has 3 aromatic rings. The minimum Gasteiger partial charge on any atom is -0.503 e. The van der Waals surface area contributed by atoms with Crippen LogP contribution in [0.25, 0.3) is 0 Å². The number of hydrogen-bond donors (Lipinski definition) is 1. The smallest absolute Gasteiger partial charge is 0.269 e. The lowest BCUT2D eigenvalue weighted by Crippen LogP contribution is -2.37. The molecule has 178 valence electrons. The summed E-state index contributed by atoms with van der Waals surface area (Å²) in [7, 11) is 1.41. The predicted octanol–water partition coefficient (Wildman–Crippen LogP) is 4.12. The summed E-state index contributed by atoms with van der Waals surface area (Å²) in [6.07, 6.45) is -1.11. The molecule has 0 bridgehead atoms. The average Bonchev–Trinajstić information content (AvgIpc) is 3.37. The Morgan fingerprint density at radius 3 is 2.34 bits per heavy atom. The molecule has 3 atom stereocenters. The van der Waals surface area contributed by atoms with Crippen molar-refractivity contribution in [3.63, 3.8) is 0 Å². The number of anilines is 2. The van der Waals surface area contributed by atoms with Gasteiger partial charge in [-0.05, 0) is 57.9 Å². The molecule has 2 aliphatic heterocycles. The second-order valence-electron chi connectivity index (χ2n) is 8.00. The summed E-state index contributed by atoms with van der Waals surface area (Å²) in [5.74, 6) is -1.89. The number of rotatable bonds is 5. The minimum atomic E-state index is -1.11. The van der Waals surface area contributed by atoms with Gasteiger partial charge in [0, 0.05) is 12.1 Å². The summed E-state index contributed by atoms with van der Waals surface area (Å²) in [6.45, 7) is 0. The molecule has 11 heteroatoms. The first-order chi connectivity index (χ1) is 16.8. The molecular formula is C24H18BrN3O7. The SMILES string of the molecule is COc1cc(C2C3C(=O)N(c4ccc([N+](=O)[O-])cc4)C(=O)C3ON2c2ccccc2)cc(Br)c1O. The molecule has 0 spiro atoms. The van der Waals surface area contributed by atoms with Crippen molar-refractivity contribution in [1.29, 1.82) is 0 Å². The first-order valence-electron chi connectivity index (χ1n) is 10.5. The van der Waals surface area contributed by atoms with Gasteiger partial charge in [-0.25, -0.2) is 9.96 Å². The summed E-state index contributed by atoms with van der Waals surface area (Å²) in [5.41, 5.74) is 1.28. The quantitative estimate of drug-likeness (QED) is 0.291. The molecule has 0 aromatic heterocycles. The Kier molecular flexibility index (Phi) is 5.65. The van der Waals surface area contributed by atoms with Crippen LogP contribution in [0, 0.1) is 16.0 Å². The Balaban J connectivity index is 1.59. The maximum atomic E-state index is 13.7. The number of phenolic OH excluding ortho intramolecular Hbond substituents is 1. The van der Waals surface area contributed by atoms with E-state index < -0.39 is 34.8 Å². The van der Waals surface area contributed by atoms with Gasteiger partial charge >= 0.3 is 0 Å². The van der Waals surface area contributed by atoms with Gasteiger partial charge in [-0.15, -0.1) is 0 Å². The number of ether oxygens (including phenoxy) is 1. The topological polar surface area (TPSA) is 122 Å². The normalized spacial score (nSPS) is 21.4. The van der Waals surface area contributed by atoms with Crippen LogP contribution in [0.15, 0.2) is 71.2 Å². The number of halogens is 1. The van der Waals surface area contributed by atoms with E-state index in [0.29, 0.717) is 15.7 Å². The first-order valence-corrected chi connectivity index (χ1v) is 11.3. The molecule has 1 N–H and O–H groups in total. The zero-order valence-corrected chi connectivity index (χ0v) is 19.8. The molecule has 2 saturated heterocycles. The van der Waals surface area contributed by atoms with Gasteiger partial charge in [0.2, 0.25) is 5.91 Å².